The summed E-state index contributed by atoms with van der Waals surface area (Å²) in [6.07, 6.45) is 0. The Kier molecular flexibility index (Phi) is 7.01. The Hall–Kier alpha value is -2.34. The molecule has 0 bridgehead atoms. The third-order valence-electron chi connectivity index (χ3n) is 3.66. The van der Waals surface area contributed by atoms with Gasteiger partial charge < -0.3 is 0 Å². The van der Waals surface area contributed by atoms with E-state index in [1.165, 1.54) is 0 Å². The zero-order chi connectivity index (χ0) is 16.8. The predicted molar refractivity (Wildman–Crippen MR) is 101 cm³/mol. The van der Waals surface area contributed by atoms with Crippen molar-refractivity contribution < 1.29 is 20.4 Å². The minimum Gasteiger partial charge on any atom is -0.299 e. The first-order chi connectivity index (χ1) is 11.7. The predicted octanol–water partition coefficient (Wildman–Crippen LogP) is 5.57. The van der Waals surface area contributed by atoms with Gasteiger partial charge in [0.1, 0.15) is 0 Å². The molecule has 0 spiro atoms. The van der Waals surface area contributed by atoms with Crippen molar-refractivity contribution in [1.29, 1.82) is 0 Å². The quantitative estimate of drug-likeness (QED) is 0.302. The SMILES string of the molecule is CC(=Nc1ccccc1N=C(C)c1[c-]cccc1)c1[c-]cccc1.[Pd+2]. The van der Waals surface area contributed by atoms with Gasteiger partial charge in [0.25, 0.3) is 0 Å². The van der Waals surface area contributed by atoms with Crippen LogP contribution in [0.25, 0.3) is 0 Å². The molecular weight excluding hydrogens is 399 g/mol. The molecule has 0 saturated heterocycles. The third kappa shape index (κ3) is 5.07. The summed E-state index contributed by atoms with van der Waals surface area (Å²) < 4.78 is 0. The van der Waals surface area contributed by atoms with Crippen molar-refractivity contribution in [3.05, 3.63) is 96.1 Å². The van der Waals surface area contributed by atoms with Crippen LogP contribution in [0.1, 0.15) is 25.0 Å². The van der Waals surface area contributed by atoms with E-state index >= 15 is 0 Å². The Morgan fingerprint density at radius 1 is 0.640 bits per heavy atom. The molecule has 0 amide bonds. The molecule has 0 radical (unpaired) electrons. The van der Waals surface area contributed by atoms with E-state index in [2.05, 4.69) is 12.1 Å². The molecule has 3 aromatic rings. The summed E-state index contributed by atoms with van der Waals surface area (Å²) in [5.41, 5.74) is 5.52. The molecule has 0 aliphatic carbocycles. The number of rotatable bonds is 4. The van der Waals surface area contributed by atoms with Gasteiger partial charge in [0.05, 0.1) is 11.4 Å². The van der Waals surface area contributed by atoms with Crippen LogP contribution in [0.15, 0.2) is 82.8 Å². The summed E-state index contributed by atoms with van der Waals surface area (Å²) in [5.74, 6) is 0. The molecule has 0 aromatic heterocycles. The molecule has 2 nitrogen and oxygen atoms in total. The second-order valence-electron chi connectivity index (χ2n) is 5.44. The summed E-state index contributed by atoms with van der Waals surface area (Å²) >= 11 is 0. The number of hydrogen-bond donors (Lipinski definition) is 0. The summed E-state index contributed by atoms with van der Waals surface area (Å²) in [5, 5.41) is 0. The molecule has 0 aliphatic heterocycles. The molecule has 25 heavy (non-hydrogen) atoms. The Morgan fingerprint density at radius 2 is 1.04 bits per heavy atom. The first-order valence-electron chi connectivity index (χ1n) is 7.88. The van der Waals surface area contributed by atoms with Crippen LogP contribution < -0.4 is 0 Å². The Bertz CT molecular complexity index is 794. The van der Waals surface area contributed by atoms with Gasteiger partial charge in [0, 0.05) is 0 Å². The number of benzene rings is 3. The minimum absolute atomic E-state index is 0. The molecular formula is C22H18N2Pd. The monoisotopic (exact) mass is 416 g/mol. The van der Waals surface area contributed by atoms with Crippen molar-refractivity contribution in [3.8, 4) is 0 Å². The maximum absolute atomic E-state index is 4.74. The molecule has 0 unspecified atom stereocenters. The molecule has 0 aliphatic rings. The molecule has 0 fully saturated rings. The van der Waals surface area contributed by atoms with Gasteiger partial charge in [-0.1, -0.05) is 26.0 Å². The second kappa shape index (κ2) is 9.23. The fraction of sp³-hybridized carbons (Fsp3) is 0.0909. The van der Waals surface area contributed by atoms with Crippen LogP contribution in [0.5, 0.6) is 0 Å². The average molecular weight is 417 g/mol. The van der Waals surface area contributed by atoms with Crippen molar-refractivity contribution in [1.82, 2.24) is 0 Å². The number of nitrogens with zero attached hydrogens (tertiary/aromatic N) is 2. The minimum atomic E-state index is 0. The van der Waals surface area contributed by atoms with Crippen molar-refractivity contribution in [2.45, 2.75) is 13.8 Å². The molecule has 0 heterocycles. The fourth-order valence-electron chi connectivity index (χ4n) is 2.37. The Balaban J connectivity index is 0.00000225. The Morgan fingerprint density at radius 3 is 1.40 bits per heavy atom. The largest absolute Gasteiger partial charge is 2.00 e. The Labute approximate surface area is 163 Å². The third-order valence-corrected chi connectivity index (χ3v) is 3.66. The second-order valence-corrected chi connectivity index (χ2v) is 5.44. The van der Waals surface area contributed by atoms with Gasteiger partial charge in [0.2, 0.25) is 0 Å². The van der Waals surface area contributed by atoms with Crippen molar-refractivity contribution in [2.75, 3.05) is 0 Å². The van der Waals surface area contributed by atoms with E-state index in [-0.39, 0.29) is 20.4 Å². The summed E-state index contributed by atoms with van der Waals surface area (Å²) in [4.78, 5) is 9.49. The van der Waals surface area contributed by atoms with Crippen molar-refractivity contribution in [2.24, 2.45) is 9.98 Å². The standard InChI is InChI=1S/C22H18N2.Pd/c1-17(19-11-5-3-6-12-19)23-21-15-9-10-16-22(21)24-18(2)20-13-7-4-8-14-20;/h3-11,13,15-16H,1-2H3;/q-2;+2. The van der Waals surface area contributed by atoms with Crippen LogP contribution in [0.4, 0.5) is 11.4 Å². The van der Waals surface area contributed by atoms with Crippen LogP contribution in [-0.4, -0.2) is 11.4 Å². The number of para-hydroxylation sites is 2. The van der Waals surface area contributed by atoms with E-state index in [1.54, 1.807) is 0 Å². The normalized spacial score (nSPS) is 11.8. The average Bonchev–Trinajstić information content (AvgIpc) is 2.64. The van der Waals surface area contributed by atoms with E-state index < -0.39 is 0 Å². The van der Waals surface area contributed by atoms with Crippen LogP contribution in [0.3, 0.4) is 0 Å². The van der Waals surface area contributed by atoms with Crippen LogP contribution in [0, 0.1) is 12.1 Å². The van der Waals surface area contributed by atoms with Gasteiger partial charge in [-0.15, -0.1) is 71.8 Å². The number of hydrogen-bond acceptors (Lipinski definition) is 2. The maximum Gasteiger partial charge on any atom is 2.00 e. The van der Waals surface area contributed by atoms with Gasteiger partial charge in [-0.3, -0.25) is 9.98 Å². The molecule has 3 aromatic carbocycles. The van der Waals surface area contributed by atoms with Gasteiger partial charge in [0.15, 0.2) is 0 Å². The van der Waals surface area contributed by atoms with Gasteiger partial charge in [-0.2, -0.15) is 0 Å². The zero-order valence-electron chi connectivity index (χ0n) is 14.1. The number of aliphatic imine (C=N–C) groups is 2. The van der Waals surface area contributed by atoms with Crippen LogP contribution in [-0.2, 0) is 20.4 Å². The molecule has 0 N–H and O–H groups in total. The maximum atomic E-state index is 4.74. The van der Waals surface area contributed by atoms with Crippen molar-refractivity contribution in [3.63, 3.8) is 0 Å². The first kappa shape index (κ1) is 19.0. The van der Waals surface area contributed by atoms with Crippen LogP contribution >= 0.6 is 0 Å². The smallest absolute Gasteiger partial charge is 0.299 e. The van der Waals surface area contributed by atoms with E-state index in [0.29, 0.717) is 0 Å². The fourth-order valence-corrected chi connectivity index (χ4v) is 2.37. The molecule has 3 rings (SSSR count). The van der Waals surface area contributed by atoms with E-state index in [1.807, 2.05) is 86.6 Å². The summed E-state index contributed by atoms with van der Waals surface area (Å²) in [7, 11) is 0. The van der Waals surface area contributed by atoms with Crippen molar-refractivity contribution >= 4 is 22.8 Å². The molecule has 126 valence electrons. The molecule has 3 heteroatoms. The summed E-state index contributed by atoms with van der Waals surface area (Å²) in [6.45, 7) is 3.98. The van der Waals surface area contributed by atoms with Crippen LogP contribution in [0.2, 0.25) is 0 Å². The van der Waals surface area contributed by atoms with Gasteiger partial charge in [-0.25, -0.2) is 0 Å². The molecule has 0 saturated carbocycles. The zero-order valence-corrected chi connectivity index (χ0v) is 15.7. The first-order valence-corrected chi connectivity index (χ1v) is 7.88. The molecule has 0 atom stereocenters. The van der Waals surface area contributed by atoms with E-state index in [0.717, 1.165) is 33.9 Å². The van der Waals surface area contributed by atoms with Gasteiger partial charge >= 0.3 is 20.4 Å². The summed E-state index contributed by atoms with van der Waals surface area (Å²) in [6, 6.07) is 30.0. The van der Waals surface area contributed by atoms with E-state index in [9.17, 15) is 0 Å². The topological polar surface area (TPSA) is 24.7 Å². The van der Waals surface area contributed by atoms with E-state index in [4.69, 9.17) is 9.98 Å². The van der Waals surface area contributed by atoms with Gasteiger partial charge in [-0.05, 0) is 23.6 Å².